The molecule has 0 unspecified atom stereocenters. The largest absolute Gasteiger partial charge is 0.389 e. The molecule has 0 aromatic rings. The molecular formula is C5H11NO4. The smallest absolute Gasteiger partial charge is 0.267 e. The van der Waals surface area contributed by atoms with E-state index in [1.807, 2.05) is 0 Å². The maximum Gasteiger partial charge on any atom is 0.267 e. The van der Waals surface area contributed by atoms with Crippen molar-refractivity contribution < 1.29 is 15.1 Å². The average Bonchev–Trinajstić information content (AvgIpc) is 1.85. The summed E-state index contributed by atoms with van der Waals surface area (Å²) in [5, 5.41) is 27.5. The zero-order valence-electron chi connectivity index (χ0n) is 5.94. The highest BCUT2D eigenvalue weighted by molar-refractivity contribution is 4.78. The Hall–Kier alpha value is -0.680. The Morgan fingerprint density at radius 2 is 2.20 bits per heavy atom. The highest BCUT2D eigenvalue weighted by Crippen LogP contribution is 2.12. The Morgan fingerprint density at radius 1 is 1.80 bits per heavy atom. The van der Waals surface area contributed by atoms with Gasteiger partial charge in [-0.2, -0.15) is 0 Å². The summed E-state index contributed by atoms with van der Waals surface area (Å²) in [5.74, 6) is 0. The minimum absolute atomic E-state index is 0.655. The minimum Gasteiger partial charge on any atom is -0.389 e. The molecule has 0 spiro atoms. The first kappa shape index (κ1) is 9.32. The standard InChI is InChI=1S/C5H11NO4/c1-4(8)5(2,3-7)6(9)10/h4,7-8H,3H2,1-2H3/t4-,5+/m0/s1. The van der Waals surface area contributed by atoms with Gasteiger partial charge in [-0.15, -0.1) is 0 Å². The average molecular weight is 149 g/mol. The predicted octanol–water partition coefficient (Wildman–Crippen LogP) is -0.605. The number of rotatable bonds is 3. The van der Waals surface area contributed by atoms with E-state index in [0.29, 0.717) is 0 Å². The molecule has 60 valence electrons. The van der Waals surface area contributed by atoms with E-state index < -0.39 is 23.2 Å². The van der Waals surface area contributed by atoms with Gasteiger partial charge in [0.1, 0.15) is 12.7 Å². The van der Waals surface area contributed by atoms with Crippen molar-refractivity contribution in [2.24, 2.45) is 0 Å². The van der Waals surface area contributed by atoms with Gasteiger partial charge in [-0.25, -0.2) is 0 Å². The van der Waals surface area contributed by atoms with E-state index in [1.165, 1.54) is 13.8 Å². The van der Waals surface area contributed by atoms with Gasteiger partial charge in [0.05, 0.1) is 0 Å². The van der Waals surface area contributed by atoms with E-state index >= 15 is 0 Å². The monoisotopic (exact) mass is 149 g/mol. The van der Waals surface area contributed by atoms with E-state index in [-0.39, 0.29) is 0 Å². The Bertz CT molecular complexity index is 136. The van der Waals surface area contributed by atoms with Crippen LogP contribution in [-0.2, 0) is 0 Å². The lowest BCUT2D eigenvalue weighted by molar-refractivity contribution is -0.580. The van der Waals surface area contributed by atoms with Crippen molar-refractivity contribution in [1.82, 2.24) is 0 Å². The van der Waals surface area contributed by atoms with Crippen molar-refractivity contribution in [3.05, 3.63) is 10.1 Å². The topological polar surface area (TPSA) is 83.6 Å². The third kappa shape index (κ3) is 1.43. The zero-order chi connectivity index (χ0) is 8.36. The maximum atomic E-state index is 10.2. The van der Waals surface area contributed by atoms with Gasteiger partial charge in [-0.3, -0.25) is 10.1 Å². The molecule has 0 aromatic heterocycles. The minimum atomic E-state index is -1.62. The van der Waals surface area contributed by atoms with Crippen molar-refractivity contribution >= 4 is 0 Å². The van der Waals surface area contributed by atoms with Gasteiger partial charge < -0.3 is 10.2 Å². The van der Waals surface area contributed by atoms with Gasteiger partial charge in [0.25, 0.3) is 5.54 Å². The SMILES string of the molecule is C[C@H](O)[C@@](C)(CO)[N+](=O)[O-]. The summed E-state index contributed by atoms with van der Waals surface area (Å²) in [5.41, 5.74) is -1.62. The molecule has 0 fully saturated rings. The number of hydrogen-bond donors (Lipinski definition) is 2. The second kappa shape index (κ2) is 2.94. The lowest BCUT2D eigenvalue weighted by Gasteiger charge is -2.20. The van der Waals surface area contributed by atoms with Gasteiger partial charge in [0.15, 0.2) is 0 Å². The molecule has 0 aliphatic rings. The van der Waals surface area contributed by atoms with Crippen molar-refractivity contribution in [2.75, 3.05) is 6.61 Å². The molecule has 0 radical (unpaired) electrons. The lowest BCUT2D eigenvalue weighted by atomic mass is 9.99. The second-order valence-corrected chi connectivity index (χ2v) is 2.45. The molecular weight excluding hydrogens is 138 g/mol. The van der Waals surface area contributed by atoms with Crippen LogP contribution in [0.15, 0.2) is 0 Å². The Kier molecular flexibility index (Phi) is 2.74. The summed E-state index contributed by atoms with van der Waals surface area (Å²) in [6.45, 7) is 1.81. The van der Waals surface area contributed by atoms with Crippen LogP contribution < -0.4 is 0 Å². The van der Waals surface area contributed by atoms with Crippen LogP contribution >= 0.6 is 0 Å². The van der Waals surface area contributed by atoms with Crippen LogP contribution in [0.3, 0.4) is 0 Å². The van der Waals surface area contributed by atoms with Crippen LogP contribution in [0.5, 0.6) is 0 Å². The molecule has 0 aliphatic heterocycles. The van der Waals surface area contributed by atoms with Crippen LogP contribution in [0.25, 0.3) is 0 Å². The predicted molar refractivity (Wildman–Crippen MR) is 34.2 cm³/mol. The normalized spacial score (nSPS) is 19.6. The van der Waals surface area contributed by atoms with Crippen molar-refractivity contribution in [2.45, 2.75) is 25.5 Å². The van der Waals surface area contributed by atoms with Gasteiger partial charge in [-0.05, 0) is 6.92 Å². The number of nitrogens with zero attached hydrogens (tertiary/aromatic N) is 1. The molecule has 0 bridgehead atoms. The maximum absolute atomic E-state index is 10.2. The van der Waals surface area contributed by atoms with Crippen molar-refractivity contribution in [3.63, 3.8) is 0 Å². The van der Waals surface area contributed by atoms with Crippen LogP contribution in [0, 0.1) is 10.1 Å². The highest BCUT2D eigenvalue weighted by atomic mass is 16.6. The first-order valence-electron chi connectivity index (χ1n) is 2.88. The van der Waals surface area contributed by atoms with Gasteiger partial charge >= 0.3 is 0 Å². The fraction of sp³-hybridized carbons (Fsp3) is 1.00. The second-order valence-electron chi connectivity index (χ2n) is 2.45. The molecule has 10 heavy (non-hydrogen) atoms. The van der Waals surface area contributed by atoms with Crippen molar-refractivity contribution in [1.29, 1.82) is 0 Å². The summed E-state index contributed by atoms with van der Waals surface area (Å²) >= 11 is 0. The Labute approximate surface area is 58.4 Å². The van der Waals surface area contributed by atoms with Crippen molar-refractivity contribution in [3.8, 4) is 0 Å². The van der Waals surface area contributed by atoms with E-state index in [1.54, 1.807) is 0 Å². The molecule has 2 atom stereocenters. The summed E-state index contributed by atoms with van der Waals surface area (Å²) in [6.07, 6.45) is -1.15. The molecule has 0 saturated carbocycles. The summed E-state index contributed by atoms with van der Waals surface area (Å²) < 4.78 is 0. The quantitative estimate of drug-likeness (QED) is 0.414. The van der Waals surface area contributed by atoms with E-state index in [4.69, 9.17) is 10.2 Å². The third-order valence-corrected chi connectivity index (χ3v) is 1.64. The van der Waals surface area contributed by atoms with Crippen LogP contribution in [0.2, 0.25) is 0 Å². The third-order valence-electron chi connectivity index (χ3n) is 1.64. The van der Waals surface area contributed by atoms with Gasteiger partial charge in [0, 0.05) is 11.8 Å². The number of aliphatic hydroxyl groups is 2. The number of nitro groups is 1. The number of hydrogen-bond acceptors (Lipinski definition) is 4. The Morgan fingerprint density at radius 3 is 2.20 bits per heavy atom. The van der Waals surface area contributed by atoms with E-state index in [0.717, 1.165) is 0 Å². The first-order chi connectivity index (χ1) is 4.45. The summed E-state index contributed by atoms with van der Waals surface area (Å²) in [6, 6.07) is 0. The van der Waals surface area contributed by atoms with E-state index in [9.17, 15) is 10.1 Å². The molecule has 0 amide bonds. The molecule has 0 aliphatic carbocycles. The fourth-order valence-electron chi connectivity index (χ4n) is 0.342. The summed E-state index contributed by atoms with van der Waals surface area (Å²) in [4.78, 5) is 9.50. The van der Waals surface area contributed by atoms with Crippen LogP contribution in [0.4, 0.5) is 0 Å². The molecule has 5 heteroatoms. The van der Waals surface area contributed by atoms with Crippen LogP contribution in [0.1, 0.15) is 13.8 Å². The zero-order valence-corrected chi connectivity index (χ0v) is 5.94. The highest BCUT2D eigenvalue weighted by Gasteiger charge is 2.41. The molecule has 5 nitrogen and oxygen atoms in total. The van der Waals surface area contributed by atoms with Gasteiger partial charge in [-0.1, -0.05) is 0 Å². The lowest BCUT2D eigenvalue weighted by Crippen LogP contribution is -2.48. The first-order valence-corrected chi connectivity index (χ1v) is 2.88. The molecule has 0 saturated heterocycles. The van der Waals surface area contributed by atoms with Crippen LogP contribution in [-0.4, -0.2) is 33.4 Å². The number of aliphatic hydroxyl groups excluding tert-OH is 2. The molecule has 2 N–H and O–H groups in total. The van der Waals surface area contributed by atoms with Gasteiger partial charge in [0.2, 0.25) is 0 Å². The molecule has 0 heterocycles. The van der Waals surface area contributed by atoms with E-state index in [2.05, 4.69) is 0 Å². The molecule has 0 rings (SSSR count). The summed E-state index contributed by atoms with van der Waals surface area (Å²) in [7, 11) is 0. The Balaban J connectivity index is 4.38. The fourth-order valence-corrected chi connectivity index (χ4v) is 0.342. The molecule has 0 aromatic carbocycles.